The van der Waals surface area contributed by atoms with Crippen molar-refractivity contribution in [3.05, 3.63) is 66.0 Å². The number of aliphatic hydroxyl groups is 1. The maximum absolute atomic E-state index is 12.8. The number of rotatable bonds is 4. The highest BCUT2D eigenvalue weighted by Gasteiger charge is 2.40. The Morgan fingerprint density at radius 2 is 1.79 bits per heavy atom. The van der Waals surface area contributed by atoms with Gasteiger partial charge in [0.2, 0.25) is 5.91 Å². The van der Waals surface area contributed by atoms with Crippen LogP contribution in [0.25, 0.3) is 11.3 Å². The summed E-state index contributed by atoms with van der Waals surface area (Å²) in [4.78, 5) is 31.0. The largest absolute Gasteiger partial charge is 0.416 e. The third-order valence-corrected chi connectivity index (χ3v) is 5.33. The predicted octanol–water partition coefficient (Wildman–Crippen LogP) is 3.38. The summed E-state index contributed by atoms with van der Waals surface area (Å²) >= 11 is 1.30. The quantitative estimate of drug-likeness (QED) is 0.689. The molecule has 148 valence electrons. The summed E-state index contributed by atoms with van der Waals surface area (Å²) in [5.41, 5.74) is 1.71. The second kappa shape index (κ2) is 8.42. The number of β-amino-alcohol motifs (C(OH)–C–C–N with tert-alkyl or cyclic N) is 1. The highest BCUT2D eigenvalue weighted by atomic mass is 32.1. The minimum absolute atomic E-state index is 0.0386. The fraction of sp³-hybridized carbons (Fsp3) is 0.190. The molecule has 0 aliphatic carbocycles. The summed E-state index contributed by atoms with van der Waals surface area (Å²) in [6.07, 6.45) is -1.31. The number of nitrogens with one attached hydrogen (secondary N) is 1. The third-order valence-electron chi connectivity index (χ3n) is 4.57. The van der Waals surface area contributed by atoms with Crippen LogP contribution in [0.1, 0.15) is 6.42 Å². The molecular formula is C21H19N3O4S. The first-order valence-electron chi connectivity index (χ1n) is 9.13. The van der Waals surface area contributed by atoms with E-state index in [4.69, 9.17) is 4.74 Å². The van der Waals surface area contributed by atoms with E-state index in [9.17, 15) is 14.7 Å². The van der Waals surface area contributed by atoms with Gasteiger partial charge in [-0.2, -0.15) is 0 Å². The monoisotopic (exact) mass is 409 g/mol. The van der Waals surface area contributed by atoms with Crippen molar-refractivity contribution in [1.29, 1.82) is 0 Å². The number of para-hydroxylation sites is 1. The van der Waals surface area contributed by atoms with Gasteiger partial charge in [0, 0.05) is 17.4 Å². The number of thiazole rings is 1. The Hall–Kier alpha value is -3.23. The Kier molecular flexibility index (Phi) is 5.55. The maximum Gasteiger partial charge on any atom is 0.416 e. The molecule has 0 radical (unpaired) electrons. The zero-order valence-corrected chi connectivity index (χ0v) is 16.2. The number of hydrogen-bond donors (Lipinski definition) is 2. The minimum atomic E-state index is -0.828. The number of nitrogens with zero attached hydrogens (tertiary/aromatic N) is 2. The summed E-state index contributed by atoms with van der Waals surface area (Å²) in [6.45, 7) is 0.0386. The molecule has 1 fully saturated rings. The summed E-state index contributed by atoms with van der Waals surface area (Å²) in [5.74, 6) is -0.0222. The van der Waals surface area contributed by atoms with Gasteiger partial charge < -0.3 is 15.2 Å². The lowest BCUT2D eigenvalue weighted by molar-refractivity contribution is -0.119. The predicted molar refractivity (Wildman–Crippen MR) is 110 cm³/mol. The summed E-state index contributed by atoms with van der Waals surface area (Å²) in [6, 6.07) is 17.4. The molecule has 2 N–H and O–H groups in total. The molecule has 7 nitrogen and oxygen atoms in total. The van der Waals surface area contributed by atoms with Crippen molar-refractivity contribution in [3.63, 3.8) is 0 Å². The zero-order valence-electron chi connectivity index (χ0n) is 15.4. The average Bonchev–Trinajstić information content (AvgIpc) is 3.36. The molecule has 0 saturated carbocycles. The summed E-state index contributed by atoms with van der Waals surface area (Å²) in [7, 11) is 0. The van der Waals surface area contributed by atoms with Gasteiger partial charge in [0.15, 0.2) is 5.13 Å². The number of aliphatic hydroxyl groups excluding tert-OH is 1. The molecular weight excluding hydrogens is 390 g/mol. The fourth-order valence-electron chi connectivity index (χ4n) is 3.17. The van der Waals surface area contributed by atoms with Gasteiger partial charge in [-0.15, -0.1) is 11.3 Å². The van der Waals surface area contributed by atoms with E-state index in [2.05, 4.69) is 10.3 Å². The van der Waals surface area contributed by atoms with Crippen LogP contribution in [0.15, 0.2) is 66.0 Å². The number of aromatic nitrogens is 1. The second-order valence-electron chi connectivity index (χ2n) is 6.63. The molecule has 3 aromatic rings. The van der Waals surface area contributed by atoms with Gasteiger partial charge >= 0.3 is 6.09 Å². The lowest BCUT2D eigenvalue weighted by Gasteiger charge is -2.22. The Balaban J connectivity index is 1.44. The van der Waals surface area contributed by atoms with Crippen LogP contribution in [0.5, 0.6) is 5.75 Å². The number of carbonyl (C=O) groups is 2. The molecule has 8 heteroatoms. The van der Waals surface area contributed by atoms with Gasteiger partial charge in [0.05, 0.1) is 18.3 Å². The van der Waals surface area contributed by atoms with Crippen molar-refractivity contribution in [1.82, 2.24) is 9.88 Å². The first-order valence-corrected chi connectivity index (χ1v) is 10.0. The lowest BCUT2D eigenvalue weighted by atomic mass is 10.2. The first kappa shape index (κ1) is 19.1. The van der Waals surface area contributed by atoms with Crippen molar-refractivity contribution in [2.45, 2.75) is 18.6 Å². The number of benzene rings is 2. The molecule has 0 spiro atoms. The number of carbonyl (C=O) groups excluding carboxylic acids is 2. The van der Waals surface area contributed by atoms with Gasteiger partial charge in [0.1, 0.15) is 11.8 Å². The van der Waals surface area contributed by atoms with Crippen LogP contribution >= 0.6 is 11.3 Å². The number of hydrogen-bond acceptors (Lipinski definition) is 6. The van der Waals surface area contributed by atoms with E-state index in [-0.39, 0.29) is 13.0 Å². The van der Waals surface area contributed by atoms with E-state index < -0.39 is 24.1 Å². The van der Waals surface area contributed by atoms with E-state index in [0.717, 1.165) is 11.3 Å². The first-order chi connectivity index (χ1) is 14.1. The number of anilines is 1. The van der Waals surface area contributed by atoms with Gasteiger partial charge in [-0.3, -0.25) is 9.69 Å². The lowest BCUT2D eigenvalue weighted by Crippen LogP contribution is -2.44. The molecule has 4 rings (SSSR count). The number of ether oxygens (including phenoxy) is 1. The van der Waals surface area contributed by atoms with E-state index in [1.165, 1.54) is 16.2 Å². The van der Waals surface area contributed by atoms with Crippen molar-refractivity contribution < 1.29 is 19.4 Å². The molecule has 1 saturated heterocycles. The zero-order chi connectivity index (χ0) is 20.2. The Labute approximate surface area is 171 Å². The Morgan fingerprint density at radius 3 is 2.52 bits per heavy atom. The Morgan fingerprint density at radius 1 is 1.10 bits per heavy atom. The summed E-state index contributed by atoms with van der Waals surface area (Å²) < 4.78 is 5.32. The van der Waals surface area contributed by atoms with Crippen molar-refractivity contribution in [2.24, 2.45) is 0 Å². The van der Waals surface area contributed by atoms with Gasteiger partial charge in [0.25, 0.3) is 0 Å². The Bertz CT molecular complexity index is 993. The number of likely N-dealkylation sites (tertiary alicyclic amines) is 1. The molecule has 0 bridgehead atoms. The van der Waals surface area contributed by atoms with E-state index >= 15 is 0 Å². The topological polar surface area (TPSA) is 91.8 Å². The van der Waals surface area contributed by atoms with E-state index in [1.807, 2.05) is 41.8 Å². The van der Waals surface area contributed by atoms with E-state index in [1.54, 1.807) is 24.3 Å². The second-order valence-corrected chi connectivity index (χ2v) is 7.49. The highest BCUT2D eigenvalue weighted by Crippen LogP contribution is 2.26. The van der Waals surface area contributed by atoms with Gasteiger partial charge in [-0.05, 0) is 12.1 Å². The normalized spacial score (nSPS) is 18.4. The third kappa shape index (κ3) is 4.44. The van der Waals surface area contributed by atoms with Crippen LogP contribution in [0.4, 0.5) is 9.93 Å². The average molecular weight is 409 g/mol. The molecule has 2 atom stereocenters. The van der Waals surface area contributed by atoms with Crippen LogP contribution in [-0.4, -0.2) is 45.7 Å². The van der Waals surface area contributed by atoms with Crippen LogP contribution in [0, 0.1) is 0 Å². The maximum atomic E-state index is 12.8. The molecule has 1 aromatic heterocycles. The van der Waals surface area contributed by atoms with Crippen molar-refractivity contribution >= 4 is 28.5 Å². The molecule has 1 aliphatic heterocycles. The standard InChI is InChI=1S/C21H19N3O4S/c25-15-11-18(24(12-15)21(27)28-16-9-5-2-6-10-16)19(26)23-20-22-17(13-29-20)14-7-3-1-4-8-14/h1-10,13,15,18,25H,11-12H2,(H,22,23,26)/t15-,18+/m0/s1. The van der Waals surface area contributed by atoms with Crippen LogP contribution < -0.4 is 10.1 Å². The summed E-state index contributed by atoms with van der Waals surface area (Å²) in [5, 5.41) is 15.1. The molecule has 29 heavy (non-hydrogen) atoms. The van der Waals surface area contributed by atoms with Crippen molar-refractivity contribution in [3.8, 4) is 17.0 Å². The van der Waals surface area contributed by atoms with E-state index in [0.29, 0.717) is 10.9 Å². The molecule has 2 aromatic carbocycles. The smallest absolute Gasteiger partial charge is 0.410 e. The molecule has 0 unspecified atom stereocenters. The van der Waals surface area contributed by atoms with Crippen molar-refractivity contribution in [2.75, 3.05) is 11.9 Å². The fourth-order valence-corrected chi connectivity index (χ4v) is 3.90. The SMILES string of the molecule is O=C(Nc1nc(-c2ccccc2)cs1)[C@H]1C[C@H](O)CN1C(=O)Oc1ccccc1. The van der Waals surface area contributed by atoms with Crippen LogP contribution in [0.3, 0.4) is 0 Å². The molecule has 1 aliphatic rings. The highest BCUT2D eigenvalue weighted by molar-refractivity contribution is 7.14. The van der Waals surface area contributed by atoms with Crippen LogP contribution in [0.2, 0.25) is 0 Å². The van der Waals surface area contributed by atoms with Gasteiger partial charge in [-0.1, -0.05) is 48.5 Å². The molecule has 2 amide bonds. The van der Waals surface area contributed by atoms with Crippen LogP contribution in [-0.2, 0) is 4.79 Å². The van der Waals surface area contributed by atoms with Gasteiger partial charge in [-0.25, -0.2) is 9.78 Å². The minimum Gasteiger partial charge on any atom is -0.410 e. The molecule has 2 heterocycles. The number of amides is 2.